The van der Waals surface area contributed by atoms with Crippen molar-refractivity contribution in [2.45, 2.75) is 52.1 Å². The number of fused-ring (bicyclic) bond motifs is 3. The number of carbonyl (C=O) groups excluding carboxylic acids is 1. The third-order valence-corrected chi connectivity index (χ3v) is 7.36. The summed E-state index contributed by atoms with van der Waals surface area (Å²) in [7, 11) is 0. The molecule has 1 aromatic carbocycles. The van der Waals surface area contributed by atoms with Crippen LogP contribution in [0.5, 0.6) is 0 Å². The second-order valence-electron chi connectivity index (χ2n) is 8.84. The molecule has 1 saturated heterocycles. The Morgan fingerprint density at radius 3 is 2.80 bits per heavy atom. The Bertz CT molecular complexity index is 739. The molecule has 0 unspecified atom stereocenters. The monoisotopic (exact) mass is 337 g/mol. The summed E-state index contributed by atoms with van der Waals surface area (Å²) in [4.78, 5) is 17.5. The summed E-state index contributed by atoms with van der Waals surface area (Å²) in [5, 5.41) is 0. The highest BCUT2D eigenvalue weighted by molar-refractivity contribution is 5.97. The molecule has 25 heavy (non-hydrogen) atoms. The van der Waals surface area contributed by atoms with Gasteiger partial charge in [0.25, 0.3) is 0 Å². The summed E-state index contributed by atoms with van der Waals surface area (Å²) in [6, 6.07) is 8.51. The maximum atomic E-state index is 12.5. The fraction of sp³-hybridized carbons (Fsp3) is 0.636. The molecule has 3 nitrogen and oxygen atoms in total. The van der Waals surface area contributed by atoms with Crippen molar-refractivity contribution in [3.05, 3.63) is 29.8 Å². The van der Waals surface area contributed by atoms with E-state index in [1.54, 1.807) is 0 Å². The van der Waals surface area contributed by atoms with Crippen LogP contribution in [0.2, 0.25) is 0 Å². The largest absolute Gasteiger partial charge is 0.462 e. The molecule has 2 aliphatic heterocycles. The average molecular weight is 337 g/mol. The summed E-state index contributed by atoms with van der Waals surface area (Å²) in [5.41, 5.74) is 3.81. The van der Waals surface area contributed by atoms with Crippen molar-refractivity contribution in [3.63, 3.8) is 0 Å². The molecule has 0 aromatic heterocycles. The summed E-state index contributed by atoms with van der Waals surface area (Å²) >= 11 is 0. The first-order valence-corrected chi connectivity index (χ1v) is 9.97. The van der Waals surface area contributed by atoms with Crippen LogP contribution in [0.1, 0.15) is 45.1 Å². The highest BCUT2D eigenvalue weighted by atomic mass is 16.6. The van der Waals surface area contributed by atoms with Crippen LogP contribution in [0.4, 0.5) is 5.69 Å². The fourth-order valence-corrected chi connectivity index (χ4v) is 6.33. The standard InChI is InChI=1S/C22H27NO2/c1-12-7-8-16-15(9-12)10-17-20(13(2)25-22(17)24)21(16)19-11-14-5-3-4-6-18(14)23-19/h3-6,12-13,15-17,20-21H,7-11H2,1-2H3/t12-,13-,15+,16-,17-,20-,21-/m1/s1. The van der Waals surface area contributed by atoms with E-state index in [0.29, 0.717) is 23.7 Å². The molecule has 5 rings (SSSR count). The molecule has 0 spiro atoms. The average Bonchev–Trinajstić information content (AvgIpc) is 3.14. The van der Waals surface area contributed by atoms with Crippen molar-refractivity contribution in [1.82, 2.24) is 0 Å². The third kappa shape index (κ3) is 2.38. The molecule has 0 amide bonds. The van der Waals surface area contributed by atoms with E-state index in [-0.39, 0.29) is 18.0 Å². The van der Waals surface area contributed by atoms with Crippen molar-refractivity contribution in [2.75, 3.05) is 0 Å². The van der Waals surface area contributed by atoms with Crippen LogP contribution >= 0.6 is 0 Å². The molecule has 0 radical (unpaired) electrons. The maximum Gasteiger partial charge on any atom is 0.309 e. The fourth-order valence-electron chi connectivity index (χ4n) is 6.33. The first-order chi connectivity index (χ1) is 12.1. The third-order valence-electron chi connectivity index (χ3n) is 7.36. The van der Waals surface area contributed by atoms with E-state index in [2.05, 4.69) is 38.1 Å². The lowest BCUT2D eigenvalue weighted by Crippen LogP contribution is -2.47. The van der Waals surface area contributed by atoms with Crippen LogP contribution in [0.3, 0.4) is 0 Å². The Morgan fingerprint density at radius 1 is 1.12 bits per heavy atom. The lowest BCUT2D eigenvalue weighted by molar-refractivity contribution is -0.144. The second kappa shape index (κ2) is 5.69. The lowest BCUT2D eigenvalue weighted by atomic mass is 9.55. The quantitative estimate of drug-likeness (QED) is 0.704. The second-order valence-corrected chi connectivity index (χ2v) is 8.84. The van der Waals surface area contributed by atoms with E-state index < -0.39 is 0 Å². The highest BCUT2D eigenvalue weighted by Gasteiger charge is 2.56. The smallest absolute Gasteiger partial charge is 0.309 e. The molecular formula is C22H27NO2. The molecule has 0 bridgehead atoms. The van der Waals surface area contributed by atoms with Gasteiger partial charge in [0.1, 0.15) is 6.10 Å². The van der Waals surface area contributed by atoms with Gasteiger partial charge in [-0.05, 0) is 55.6 Å². The molecule has 2 saturated carbocycles. The van der Waals surface area contributed by atoms with E-state index in [1.165, 1.54) is 30.5 Å². The summed E-state index contributed by atoms with van der Waals surface area (Å²) in [6.45, 7) is 4.47. The van der Waals surface area contributed by atoms with Gasteiger partial charge in [0.15, 0.2) is 0 Å². The number of carbonyl (C=O) groups is 1. The SMILES string of the molecule is C[C@@H]1CC[C@@H]2[C@@H](C1)C[C@H]1C(=O)O[C@H](C)[C@H]1[C@H]2C1=Nc2ccccc2C1. The van der Waals surface area contributed by atoms with Gasteiger partial charge in [0.05, 0.1) is 11.6 Å². The van der Waals surface area contributed by atoms with Gasteiger partial charge in [-0.3, -0.25) is 9.79 Å². The zero-order valence-corrected chi connectivity index (χ0v) is 15.2. The molecule has 3 heteroatoms. The molecule has 2 heterocycles. The normalized spacial score (nSPS) is 42.2. The van der Waals surface area contributed by atoms with Crippen LogP contribution < -0.4 is 0 Å². The van der Waals surface area contributed by atoms with Crippen molar-refractivity contribution < 1.29 is 9.53 Å². The van der Waals surface area contributed by atoms with Crippen molar-refractivity contribution in [1.29, 1.82) is 0 Å². The van der Waals surface area contributed by atoms with Gasteiger partial charge < -0.3 is 4.74 Å². The zero-order chi connectivity index (χ0) is 17.1. The Labute approximate surface area is 149 Å². The minimum Gasteiger partial charge on any atom is -0.462 e. The van der Waals surface area contributed by atoms with Gasteiger partial charge in [-0.25, -0.2) is 0 Å². The van der Waals surface area contributed by atoms with E-state index in [9.17, 15) is 4.79 Å². The Balaban J connectivity index is 1.54. The molecule has 1 aromatic rings. The predicted molar refractivity (Wildman–Crippen MR) is 97.9 cm³/mol. The number of nitrogens with zero attached hydrogens (tertiary/aromatic N) is 1. The molecule has 0 N–H and O–H groups in total. The Kier molecular flexibility index (Phi) is 3.55. The number of benzene rings is 1. The maximum absolute atomic E-state index is 12.5. The van der Waals surface area contributed by atoms with Gasteiger partial charge >= 0.3 is 5.97 Å². The topological polar surface area (TPSA) is 38.7 Å². The van der Waals surface area contributed by atoms with Crippen LogP contribution in [0.25, 0.3) is 0 Å². The molecule has 2 aliphatic carbocycles. The molecule has 4 aliphatic rings. The van der Waals surface area contributed by atoms with E-state index >= 15 is 0 Å². The van der Waals surface area contributed by atoms with Crippen molar-refractivity contribution in [3.8, 4) is 0 Å². The van der Waals surface area contributed by atoms with Crippen LogP contribution in [0, 0.1) is 35.5 Å². The number of hydrogen-bond donors (Lipinski definition) is 0. The Morgan fingerprint density at radius 2 is 1.96 bits per heavy atom. The van der Waals surface area contributed by atoms with Gasteiger partial charge in [-0.2, -0.15) is 0 Å². The number of cyclic esters (lactones) is 1. The summed E-state index contributed by atoms with van der Waals surface area (Å²) in [5.74, 6) is 3.03. The van der Waals surface area contributed by atoms with E-state index in [1.807, 2.05) is 0 Å². The number of esters is 1. The molecule has 3 fully saturated rings. The van der Waals surface area contributed by atoms with Crippen molar-refractivity contribution in [2.24, 2.45) is 40.5 Å². The van der Waals surface area contributed by atoms with Gasteiger partial charge in [-0.15, -0.1) is 0 Å². The molecular weight excluding hydrogens is 310 g/mol. The minimum atomic E-state index is 0.0363. The molecule has 7 atom stereocenters. The number of hydrogen-bond acceptors (Lipinski definition) is 3. The number of aliphatic imine (C=N–C) groups is 1. The summed E-state index contributed by atoms with van der Waals surface area (Å²) in [6.07, 6.45) is 5.92. The zero-order valence-electron chi connectivity index (χ0n) is 15.2. The Hall–Kier alpha value is -1.64. The van der Waals surface area contributed by atoms with Gasteiger partial charge in [-0.1, -0.05) is 31.5 Å². The van der Waals surface area contributed by atoms with Crippen LogP contribution in [-0.4, -0.2) is 17.8 Å². The number of para-hydroxylation sites is 1. The predicted octanol–water partition coefficient (Wildman–Crippen LogP) is 4.57. The van der Waals surface area contributed by atoms with Crippen LogP contribution in [-0.2, 0) is 16.0 Å². The highest BCUT2D eigenvalue weighted by Crippen LogP contribution is 2.55. The van der Waals surface area contributed by atoms with Gasteiger partial charge in [0, 0.05) is 24.0 Å². The van der Waals surface area contributed by atoms with Crippen LogP contribution in [0.15, 0.2) is 29.3 Å². The number of ether oxygens (including phenoxy) is 1. The van der Waals surface area contributed by atoms with E-state index in [0.717, 1.165) is 24.4 Å². The first-order valence-electron chi connectivity index (χ1n) is 9.97. The molecule has 132 valence electrons. The van der Waals surface area contributed by atoms with Crippen molar-refractivity contribution >= 4 is 17.4 Å². The van der Waals surface area contributed by atoms with E-state index in [4.69, 9.17) is 9.73 Å². The van der Waals surface area contributed by atoms with Gasteiger partial charge in [0.2, 0.25) is 0 Å². The minimum absolute atomic E-state index is 0.0363. The summed E-state index contributed by atoms with van der Waals surface area (Å²) < 4.78 is 5.71. The lowest BCUT2D eigenvalue weighted by Gasteiger charge is -2.48. The number of rotatable bonds is 1. The first kappa shape index (κ1) is 15.6.